The first kappa shape index (κ1) is 11.7. The molecule has 0 bridgehead atoms. The summed E-state index contributed by atoms with van der Waals surface area (Å²) in [7, 11) is 0. The number of amides is 1. The van der Waals surface area contributed by atoms with Gasteiger partial charge in [0.15, 0.2) is 0 Å². The maximum Gasteiger partial charge on any atom is 0.257 e. The zero-order valence-electron chi connectivity index (χ0n) is 9.29. The molecule has 2 rings (SSSR count). The number of pyridine rings is 1. The van der Waals surface area contributed by atoms with Crippen LogP contribution in [0.1, 0.15) is 10.4 Å². The number of benzene rings is 1. The topological polar surface area (TPSA) is 108 Å². The summed E-state index contributed by atoms with van der Waals surface area (Å²) >= 11 is 0. The molecule has 0 saturated heterocycles. The van der Waals surface area contributed by atoms with E-state index in [0.29, 0.717) is 11.5 Å². The average Bonchev–Trinajstić information content (AvgIpc) is 2.31. The van der Waals surface area contributed by atoms with Gasteiger partial charge in [-0.2, -0.15) is 0 Å². The number of phenolic OH excluding ortho intramolecular Hbond substituents is 2. The number of nitrogens with zero attached hydrogens (tertiary/aromatic N) is 1. The van der Waals surface area contributed by atoms with Crippen LogP contribution in [0, 0.1) is 0 Å². The van der Waals surface area contributed by atoms with Crippen molar-refractivity contribution >= 4 is 17.4 Å². The van der Waals surface area contributed by atoms with Crippen LogP contribution < -0.4 is 11.1 Å². The summed E-state index contributed by atoms with van der Waals surface area (Å²) < 4.78 is 0. The fourth-order valence-corrected chi connectivity index (χ4v) is 1.39. The smallest absolute Gasteiger partial charge is 0.257 e. The lowest BCUT2D eigenvalue weighted by Crippen LogP contribution is -2.12. The SMILES string of the molecule is Nc1ccc(NC(=O)c2cc(O)cc(O)c2)nc1. The van der Waals surface area contributed by atoms with Crippen molar-refractivity contribution in [2.45, 2.75) is 0 Å². The number of phenols is 2. The van der Waals surface area contributed by atoms with Crippen molar-refractivity contribution in [3.8, 4) is 11.5 Å². The van der Waals surface area contributed by atoms with Crippen molar-refractivity contribution in [1.29, 1.82) is 0 Å². The van der Waals surface area contributed by atoms with Crippen molar-refractivity contribution in [2.75, 3.05) is 11.1 Å². The Morgan fingerprint density at radius 3 is 2.39 bits per heavy atom. The Morgan fingerprint density at radius 1 is 1.17 bits per heavy atom. The van der Waals surface area contributed by atoms with Crippen molar-refractivity contribution < 1.29 is 15.0 Å². The minimum Gasteiger partial charge on any atom is -0.508 e. The Morgan fingerprint density at radius 2 is 1.83 bits per heavy atom. The van der Waals surface area contributed by atoms with Crippen LogP contribution in [0.15, 0.2) is 36.5 Å². The second kappa shape index (κ2) is 4.62. The van der Waals surface area contributed by atoms with Crippen molar-refractivity contribution in [1.82, 2.24) is 4.98 Å². The first-order chi connectivity index (χ1) is 8.54. The third kappa shape index (κ3) is 2.67. The number of nitrogens with two attached hydrogens (primary N) is 1. The fourth-order valence-electron chi connectivity index (χ4n) is 1.39. The van der Waals surface area contributed by atoms with Gasteiger partial charge < -0.3 is 21.3 Å². The minimum absolute atomic E-state index is 0.131. The number of hydrogen-bond acceptors (Lipinski definition) is 5. The molecular formula is C12H11N3O3. The molecule has 1 aromatic carbocycles. The van der Waals surface area contributed by atoms with E-state index in [1.807, 2.05) is 0 Å². The Labute approximate surface area is 103 Å². The molecule has 92 valence electrons. The highest BCUT2D eigenvalue weighted by Gasteiger charge is 2.09. The summed E-state index contributed by atoms with van der Waals surface area (Å²) in [5.41, 5.74) is 6.09. The molecule has 1 heterocycles. The molecule has 0 aliphatic carbocycles. The Hall–Kier alpha value is -2.76. The number of aromatic hydroxyl groups is 2. The van der Waals surface area contributed by atoms with Gasteiger partial charge in [0.25, 0.3) is 5.91 Å². The van der Waals surface area contributed by atoms with Gasteiger partial charge in [0, 0.05) is 11.6 Å². The van der Waals surface area contributed by atoms with E-state index < -0.39 is 5.91 Å². The fraction of sp³-hybridized carbons (Fsp3) is 0. The zero-order valence-corrected chi connectivity index (χ0v) is 9.29. The number of rotatable bonds is 2. The molecular weight excluding hydrogens is 234 g/mol. The van der Waals surface area contributed by atoms with Crippen LogP contribution in [-0.4, -0.2) is 21.1 Å². The van der Waals surface area contributed by atoms with E-state index in [0.717, 1.165) is 6.07 Å². The summed E-state index contributed by atoms with van der Waals surface area (Å²) in [6.45, 7) is 0. The summed E-state index contributed by atoms with van der Waals surface area (Å²) in [5.74, 6) is -0.536. The van der Waals surface area contributed by atoms with E-state index in [1.54, 1.807) is 12.1 Å². The third-order valence-corrected chi connectivity index (χ3v) is 2.19. The first-order valence-electron chi connectivity index (χ1n) is 5.10. The molecule has 1 amide bonds. The number of nitrogen functional groups attached to an aromatic ring is 1. The first-order valence-corrected chi connectivity index (χ1v) is 5.10. The molecule has 0 aliphatic heterocycles. The third-order valence-electron chi connectivity index (χ3n) is 2.19. The van der Waals surface area contributed by atoms with Gasteiger partial charge in [-0.3, -0.25) is 4.79 Å². The van der Waals surface area contributed by atoms with Crippen LogP contribution in [0.5, 0.6) is 11.5 Å². The van der Waals surface area contributed by atoms with Crippen molar-refractivity contribution in [3.63, 3.8) is 0 Å². The number of aromatic nitrogens is 1. The predicted molar refractivity (Wildman–Crippen MR) is 66.4 cm³/mol. The quantitative estimate of drug-likeness (QED) is 0.638. The van der Waals surface area contributed by atoms with Crippen LogP contribution in [0.3, 0.4) is 0 Å². The summed E-state index contributed by atoms with van der Waals surface area (Å²) in [6, 6.07) is 6.77. The van der Waals surface area contributed by atoms with Crippen LogP contribution in [0.25, 0.3) is 0 Å². The molecule has 1 aromatic heterocycles. The van der Waals surface area contributed by atoms with Crippen LogP contribution in [-0.2, 0) is 0 Å². The lowest BCUT2D eigenvalue weighted by atomic mass is 10.2. The van der Waals surface area contributed by atoms with Crippen LogP contribution >= 0.6 is 0 Å². The molecule has 2 aromatic rings. The summed E-state index contributed by atoms with van der Waals surface area (Å²) in [6.07, 6.45) is 1.41. The molecule has 0 aliphatic rings. The highest BCUT2D eigenvalue weighted by atomic mass is 16.3. The number of anilines is 2. The number of hydrogen-bond donors (Lipinski definition) is 4. The standard InChI is InChI=1S/C12H11N3O3/c13-8-1-2-11(14-6-8)15-12(18)7-3-9(16)5-10(17)4-7/h1-6,16-17H,13H2,(H,14,15,18). The maximum absolute atomic E-state index is 11.8. The van der Waals surface area contributed by atoms with Gasteiger partial charge >= 0.3 is 0 Å². The van der Waals surface area contributed by atoms with Gasteiger partial charge in [0.2, 0.25) is 0 Å². The van der Waals surface area contributed by atoms with E-state index in [1.165, 1.54) is 18.3 Å². The van der Waals surface area contributed by atoms with E-state index >= 15 is 0 Å². The Balaban J connectivity index is 2.19. The average molecular weight is 245 g/mol. The van der Waals surface area contributed by atoms with Gasteiger partial charge in [-0.15, -0.1) is 0 Å². The Kier molecular flexibility index (Phi) is 3.01. The number of carbonyl (C=O) groups excluding carboxylic acids is 1. The van der Waals surface area contributed by atoms with Gasteiger partial charge in [-0.1, -0.05) is 0 Å². The van der Waals surface area contributed by atoms with Gasteiger partial charge in [0.1, 0.15) is 17.3 Å². The zero-order chi connectivity index (χ0) is 13.1. The highest BCUT2D eigenvalue weighted by Crippen LogP contribution is 2.21. The van der Waals surface area contributed by atoms with Crippen LogP contribution in [0.2, 0.25) is 0 Å². The molecule has 6 heteroatoms. The number of carbonyl (C=O) groups is 1. The molecule has 0 atom stereocenters. The molecule has 0 fully saturated rings. The summed E-state index contributed by atoms with van der Waals surface area (Å²) in [5, 5.41) is 21.1. The maximum atomic E-state index is 11.8. The van der Waals surface area contributed by atoms with Crippen molar-refractivity contribution in [2.24, 2.45) is 0 Å². The molecule has 6 nitrogen and oxygen atoms in total. The van der Waals surface area contributed by atoms with Gasteiger partial charge in [0.05, 0.1) is 11.9 Å². The van der Waals surface area contributed by atoms with E-state index in [4.69, 9.17) is 5.73 Å². The number of nitrogens with one attached hydrogen (secondary N) is 1. The molecule has 0 unspecified atom stereocenters. The monoisotopic (exact) mass is 245 g/mol. The lowest BCUT2D eigenvalue weighted by molar-refractivity contribution is 0.102. The second-order valence-electron chi connectivity index (χ2n) is 3.67. The normalized spacial score (nSPS) is 10.0. The van der Waals surface area contributed by atoms with Crippen molar-refractivity contribution in [3.05, 3.63) is 42.1 Å². The predicted octanol–water partition coefficient (Wildman–Crippen LogP) is 1.33. The molecule has 0 radical (unpaired) electrons. The lowest BCUT2D eigenvalue weighted by Gasteiger charge is -2.05. The molecule has 0 spiro atoms. The Bertz CT molecular complexity index is 561. The molecule has 0 saturated carbocycles. The van der Waals surface area contributed by atoms with E-state index in [2.05, 4.69) is 10.3 Å². The van der Waals surface area contributed by atoms with Gasteiger partial charge in [-0.05, 0) is 24.3 Å². The largest absolute Gasteiger partial charge is 0.508 e. The van der Waals surface area contributed by atoms with E-state index in [9.17, 15) is 15.0 Å². The van der Waals surface area contributed by atoms with Gasteiger partial charge in [-0.25, -0.2) is 4.98 Å². The molecule has 5 N–H and O–H groups in total. The summed E-state index contributed by atoms with van der Waals surface area (Å²) in [4.78, 5) is 15.7. The van der Waals surface area contributed by atoms with Crippen LogP contribution in [0.4, 0.5) is 11.5 Å². The van der Waals surface area contributed by atoms with E-state index in [-0.39, 0.29) is 17.1 Å². The minimum atomic E-state index is -0.488. The highest BCUT2D eigenvalue weighted by molar-refractivity contribution is 6.04. The molecule has 18 heavy (non-hydrogen) atoms. The second-order valence-corrected chi connectivity index (χ2v) is 3.67.